The van der Waals surface area contributed by atoms with Crippen LogP contribution in [-0.2, 0) is 114 Å². The average Bonchev–Trinajstić information content (AvgIpc) is 1.52. The van der Waals surface area contributed by atoms with Crippen LogP contribution in [0.2, 0.25) is 0 Å². The summed E-state index contributed by atoms with van der Waals surface area (Å²) < 4.78 is 0. The van der Waals surface area contributed by atoms with Gasteiger partial charge in [-0.3, -0.25) is 73.6 Å². The minimum Gasteiger partial charge on any atom is 0 e. The predicted molar refractivity (Wildman–Crippen MR) is 498 cm³/mol. The summed E-state index contributed by atoms with van der Waals surface area (Å²) in [5.74, 6) is 2.09. The number of carboxylic acids is 1. The van der Waals surface area contributed by atoms with Crippen molar-refractivity contribution in [1.82, 2.24) is 146 Å². The van der Waals surface area contributed by atoms with E-state index in [1.54, 1.807) is 94.1 Å². The number of halogens is 2. The predicted octanol–water partition coefficient (Wildman–Crippen LogP) is 17.3. The van der Waals surface area contributed by atoms with Crippen LogP contribution in [0, 0.1) is 53.9 Å². The number of carboxylic acid groups (broad SMARTS) is 1. The molecule has 0 radical (unpaired) electrons. The van der Waals surface area contributed by atoms with Crippen LogP contribution in [0.1, 0.15) is 146 Å². The normalized spacial score (nSPS) is 12.0. The number of hydrogen-bond donors (Lipinski definition) is 1. The molecule has 1 aromatic carbocycles. The van der Waals surface area contributed by atoms with Gasteiger partial charge in [-0.1, -0.05) is 190 Å². The molecule has 17 aromatic heterocycles. The zero-order chi connectivity index (χ0) is 87.9. The van der Waals surface area contributed by atoms with Gasteiger partial charge in [0, 0.05) is 163 Å². The maximum Gasteiger partial charge on any atom is 4.00 e. The van der Waals surface area contributed by atoms with Crippen molar-refractivity contribution >= 4 is 49.2 Å². The summed E-state index contributed by atoms with van der Waals surface area (Å²) in [5.41, 5.74) is 19.4. The van der Waals surface area contributed by atoms with Crippen LogP contribution in [0.3, 0.4) is 0 Å². The number of benzene rings is 1. The van der Waals surface area contributed by atoms with E-state index in [9.17, 15) is 4.79 Å². The number of aromatic nitrogens is 29. The van der Waals surface area contributed by atoms with Crippen LogP contribution in [0.25, 0.3) is 102 Å². The zero-order valence-corrected chi connectivity index (χ0v) is 82.5. The van der Waals surface area contributed by atoms with Crippen molar-refractivity contribution in [2.24, 2.45) is 5.41 Å². The molecule has 2 aliphatic rings. The van der Waals surface area contributed by atoms with E-state index in [4.69, 9.17) is 33.5 Å². The van der Waals surface area contributed by atoms with Crippen molar-refractivity contribution in [3.63, 3.8) is 0 Å². The van der Waals surface area contributed by atoms with Gasteiger partial charge in [0.2, 0.25) is 0 Å². The summed E-state index contributed by atoms with van der Waals surface area (Å²) >= 11 is -0.472. The van der Waals surface area contributed by atoms with E-state index < -0.39 is 22.5 Å². The Balaban J connectivity index is 0. The number of nitrogens with zero attached hydrogens (tertiary/aromatic N) is 29. The fourth-order valence-electron chi connectivity index (χ4n) is 12.3. The Kier molecular flexibility index (Phi) is 59.2. The van der Waals surface area contributed by atoms with Crippen LogP contribution >= 0.6 is 18.8 Å². The van der Waals surface area contributed by atoms with E-state index in [1.165, 1.54) is 47.1 Å². The van der Waals surface area contributed by atoms with Gasteiger partial charge >= 0.3 is 103 Å². The van der Waals surface area contributed by atoms with Gasteiger partial charge in [0.25, 0.3) is 0 Å². The summed E-state index contributed by atoms with van der Waals surface area (Å²) in [6.07, 6.45) is 24.3. The van der Waals surface area contributed by atoms with E-state index in [2.05, 4.69) is 211 Å². The topological polar surface area (TPSA) is 455 Å². The molecule has 2 aliphatic carbocycles. The Morgan fingerprint density at radius 1 is 0.398 bits per heavy atom. The molecule has 20 rings (SSSR count). The van der Waals surface area contributed by atoms with Gasteiger partial charge in [-0.05, 0) is 174 Å². The smallest absolute Gasteiger partial charge is 0 e. The second-order valence-electron chi connectivity index (χ2n) is 26.9. The first-order chi connectivity index (χ1) is 59.8. The monoisotopic (exact) mass is 2730 g/mol. The van der Waals surface area contributed by atoms with Gasteiger partial charge in [0.15, 0.2) is 0 Å². The van der Waals surface area contributed by atoms with Crippen molar-refractivity contribution in [2.75, 3.05) is 0 Å². The third-order valence-corrected chi connectivity index (χ3v) is 18.3. The van der Waals surface area contributed by atoms with Crippen molar-refractivity contribution < 1.29 is 119 Å². The van der Waals surface area contributed by atoms with Gasteiger partial charge in [-0.25, -0.2) is 9.78 Å². The molecule has 2 bridgehead atoms. The molecule has 33 nitrogen and oxygen atoms in total. The minimum absolute atomic E-state index is 0. The van der Waals surface area contributed by atoms with Crippen LogP contribution in [0.15, 0.2) is 250 Å². The van der Waals surface area contributed by atoms with E-state index in [0.717, 1.165) is 108 Å². The number of hydrogen-bond acceptors (Lipinski definition) is 24. The van der Waals surface area contributed by atoms with Crippen LogP contribution in [0.5, 0.6) is 0 Å². The minimum atomic E-state index is -0.990. The fourth-order valence-corrected chi connectivity index (χ4v) is 12.3. The van der Waals surface area contributed by atoms with Crippen LogP contribution < -0.4 is 40.8 Å². The molecule has 1 N–H and O–H groups in total. The van der Waals surface area contributed by atoms with E-state index in [0.29, 0.717) is 29.2 Å². The molecule has 40 heteroatoms. The van der Waals surface area contributed by atoms with Gasteiger partial charge < -0.3 is 96.0 Å². The standard InChI is InChI=1S/C20H20N3.3C9H8N3.4C8H7N4.C6H5NO2.2CHO.6CH4.2ClH.Os.4Pt/c1-19(2)14-8-10-20(19,3)18-15(14)17(22-23-18)16-13-7-5-4-6-12(13)9-11-21-16;3*1-7-6-9(12-11-7)8-4-2-3-5-10-8;2*1-6-4-7(12-11-6)8-5-9-2-3-10-8;2*1-6-10-8(12-11-6)7-4-2-3-5-9-7;8-6(9)5-3-1-2-4-7-5;2*1-2;;;;;;;;;;;;;/h4-7,9,11,14H,8,10H2,1-3H3;3*2-6H,1H3;4*2-5H,1H3;1-4H,(H,8,9);2*1H;6*1H4;2*1H;;;;;/q8*-1;;2*-1;;;;;;;;;+4;;3*+2/p-2. The molecule has 0 aliphatic heterocycles. The maximum atomic E-state index is 10.1. The number of carbonyl (C=O) groups excluding carboxylic acids is 2. The number of fused-ring (bicyclic) bond motifs is 6. The van der Waals surface area contributed by atoms with Crippen molar-refractivity contribution in [1.29, 1.82) is 0 Å². The summed E-state index contributed by atoms with van der Waals surface area (Å²) in [5, 5.41) is 74.5. The Hall–Kier alpha value is -12.0. The Morgan fingerprint density at radius 2 is 0.729 bits per heavy atom. The van der Waals surface area contributed by atoms with Crippen LogP contribution in [-0.4, -0.2) is 130 Å². The van der Waals surface area contributed by atoms with Gasteiger partial charge in [-0.2, -0.15) is 0 Å². The fraction of sp³-hybridized carbons (Fsp3) is 0.226. The van der Waals surface area contributed by atoms with Crippen LogP contribution in [0.4, 0.5) is 0 Å². The Morgan fingerprint density at radius 3 is 1.02 bits per heavy atom. The number of pyridine rings is 7. The zero-order valence-electron chi connectivity index (χ0n) is 69.3. The van der Waals surface area contributed by atoms with Crippen molar-refractivity contribution in [2.45, 2.75) is 138 Å². The molecule has 2 unspecified atom stereocenters. The summed E-state index contributed by atoms with van der Waals surface area (Å²) in [4.78, 5) is 78.8. The molecule has 1 fully saturated rings. The summed E-state index contributed by atoms with van der Waals surface area (Å²) in [6.45, 7) is 26.8. The molecule has 2 atom stereocenters. The maximum absolute atomic E-state index is 10.1. The molecule has 0 spiro atoms. The molecular formula is C93H103Cl2N29O4OsPt4-2. The van der Waals surface area contributed by atoms with Gasteiger partial charge in [-0.15, -0.1) is 0 Å². The third-order valence-electron chi connectivity index (χ3n) is 18.3. The molecule has 0 saturated heterocycles. The first-order valence-corrected chi connectivity index (χ1v) is 42.9. The Labute approximate surface area is 849 Å². The molecule has 18 aromatic rings. The molecule has 133 heavy (non-hydrogen) atoms. The first kappa shape index (κ1) is 123. The van der Waals surface area contributed by atoms with Gasteiger partial charge in [0.1, 0.15) is 5.69 Å². The van der Waals surface area contributed by atoms with E-state index in [1.807, 2.05) is 162 Å². The third kappa shape index (κ3) is 35.8. The van der Waals surface area contributed by atoms with Gasteiger partial charge in [0.05, 0.1) is 40.9 Å². The summed E-state index contributed by atoms with van der Waals surface area (Å²) in [6, 6.07) is 53.2. The van der Waals surface area contributed by atoms with Crippen molar-refractivity contribution in [3.8, 4) is 91.4 Å². The van der Waals surface area contributed by atoms with E-state index in [-0.39, 0.29) is 144 Å². The molecule has 0 amide bonds. The largest absolute Gasteiger partial charge is 4.00 e. The average molecular weight is 2730 g/mol. The first-order valence-electron chi connectivity index (χ1n) is 37.2. The quantitative estimate of drug-likeness (QED) is 0.104. The number of aryl methyl sites for hydroxylation is 7. The summed E-state index contributed by atoms with van der Waals surface area (Å²) in [7, 11) is 9.75. The Bertz CT molecular complexity index is 5360. The number of carbonyl (C=O) groups is 1. The second-order valence-corrected chi connectivity index (χ2v) is 30.2. The second kappa shape index (κ2) is 64.0. The number of rotatable bonds is 9. The molecular weight excluding hydrogens is 2630 g/mol. The molecule has 708 valence electrons. The van der Waals surface area contributed by atoms with E-state index >= 15 is 0 Å². The SMILES string of the molecule is C.C.C.C.C.C.CC12CCC(c3c1n[n-]c3-c1nccc3ccccc13)C2(C)C.Cc1cc(-c2ccccn2)[n-]n1.Cc1cc(-c2ccccn2)[n-]n1.Cc1cc(-c2ccccn2)[n-]n1.Cc1cc(-c2cnccn2)[n-]n1.Cc1cc(-c2cnccn2)[n-]n1.Cc1n[n-]c(-c2ccccn2)n1.Cc1n[n-]c(-c2ccccn2)n1.O=C(O)c1ccccn1.[CH-]=O.[CH-]=O.[Cl][Pt][Cl].[Os+4].[Pt+2].[Pt+2].[Pt]. The van der Waals surface area contributed by atoms with Crippen molar-refractivity contribution in [3.05, 3.63) is 307 Å². The number of aromatic carboxylic acids is 1. The molecule has 1 saturated carbocycles. The molecule has 17 heterocycles.